The Morgan fingerprint density at radius 2 is 2.05 bits per heavy atom. The molecule has 3 atom stereocenters. The number of amides is 1. The molecule has 1 aliphatic carbocycles. The summed E-state index contributed by atoms with van der Waals surface area (Å²) in [5, 5.41) is 3.59. The molecule has 0 spiro atoms. The van der Waals surface area contributed by atoms with Gasteiger partial charge in [0.25, 0.3) is 0 Å². The number of nitrogens with one attached hydrogen (secondary N) is 1. The Morgan fingerprint density at radius 1 is 1.32 bits per heavy atom. The maximum absolute atomic E-state index is 12.2. The largest absolute Gasteiger partial charge is 0.444 e. The van der Waals surface area contributed by atoms with Crippen LogP contribution in [0.3, 0.4) is 0 Å². The van der Waals surface area contributed by atoms with E-state index in [2.05, 4.69) is 24.2 Å². The molecule has 1 amide bonds. The van der Waals surface area contributed by atoms with Gasteiger partial charge in [0.1, 0.15) is 11.4 Å². The number of nitrogens with zero attached hydrogens (tertiary/aromatic N) is 2. The van der Waals surface area contributed by atoms with E-state index in [4.69, 9.17) is 4.74 Å². The number of rotatable bonds is 1. The highest BCUT2D eigenvalue weighted by atomic mass is 16.6. The standard InChI is InChI=1S/C17H31N3O2/c1-12-7-6-8-14(13(12)2)19-15-11-20(10-9-18-15)16(21)22-17(3,4)5/h12-14H,6-11H2,1-5H3,(H,18,19). The first kappa shape index (κ1) is 17.1. The molecule has 0 aromatic heterocycles. The Bertz CT molecular complexity index is 428. The number of carbonyl (C=O) groups is 1. The molecule has 1 N–H and O–H groups in total. The van der Waals surface area contributed by atoms with Crippen molar-refractivity contribution < 1.29 is 9.53 Å². The summed E-state index contributed by atoms with van der Waals surface area (Å²) in [6.45, 7) is 12.2. The van der Waals surface area contributed by atoms with Gasteiger partial charge in [-0.15, -0.1) is 0 Å². The summed E-state index contributed by atoms with van der Waals surface area (Å²) in [4.78, 5) is 18.5. The summed E-state index contributed by atoms with van der Waals surface area (Å²) in [7, 11) is 0. The minimum absolute atomic E-state index is 0.244. The highest BCUT2D eigenvalue weighted by molar-refractivity contribution is 5.88. The van der Waals surface area contributed by atoms with Crippen molar-refractivity contribution in [2.75, 3.05) is 19.6 Å². The molecule has 5 nitrogen and oxygen atoms in total. The van der Waals surface area contributed by atoms with E-state index in [9.17, 15) is 4.79 Å². The van der Waals surface area contributed by atoms with Crippen molar-refractivity contribution in [1.82, 2.24) is 10.2 Å². The number of ether oxygens (including phenoxy) is 1. The molecule has 1 aliphatic heterocycles. The van der Waals surface area contributed by atoms with Crippen molar-refractivity contribution in [1.29, 1.82) is 0 Å². The summed E-state index contributed by atoms with van der Waals surface area (Å²) < 4.78 is 5.46. The van der Waals surface area contributed by atoms with Crippen LogP contribution >= 0.6 is 0 Å². The normalized spacial score (nSPS) is 29.8. The maximum atomic E-state index is 12.2. The monoisotopic (exact) mass is 309 g/mol. The van der Waals surface area contributed by atoms with Gasteiger partial charge >= 0.3 is 6.09 Å². The highest BCUT2D eigenvalue weighted by Crippen LogP contribution is 2.29. The summed E-state index contributed by atoms with van der Waals surface area (Å²) in [6, 6.07) is 0.473. The van der Waals surface area contributed by atoms with Crippen molar-refractivity contribution in [3.63, 3.8) is 0 Å². The van der Waals surface area contributed by atoms with Crippen LogP contribution in [0.15, 0.2) is 4.99 Å². The summed E-state index contributed by atoms with van der Waals surface area (Å²) in [6.07, 6.45) is 3.53. The van der Waals surface area contributed by atoms with Crippen LogP contribution in [0.4, 0.5) is 4.79 Å². The Labute approximate surface area is 134 Å². The summed E-state index contributed by atoms with van der Waals surface area (Å²) in [5.74, 6) is 2.33. The molecule has 0 radical (unpaired) electrons. The first-order chi connectivity index (χ1) is 10.3. The van der Waals surface area contributed by atoms with Crippen LogP contribution in [0.2, 0.25) is 0 Å². The van der Waals surface area contributed by atoms with E-state index in [-0.39, 0.29) is 6.09 Å². The lowest BCUT2D eigenvalue weighted by atomic mass is 9.78. The average molecular weight is 309 g/mol. The first-order valence-electron chi connectivity index (χ1n) is 8.54. The third-order valence-corrected chi connectivity index (χ3v) is 4.72. The topological polar surface area (TPSA) is 53.9 Å². The minimum atomic E-state index is -0.452. The molecule has 0 aromatic rings. The van der Waals surface area contributed by atoms with Crippen molar-refractivity contribution in [3.05, 3.63) is 0 Å². The van der Waals surface area contributed by atoms with Gasteiger partial charge in [-0.25, -0.2) is 4.79 Å². The van der Waals surface area contributed by atoms with Gasteiger partial charge in [0.05, 0.1) is 13.1 Å². The van der Waals surface area contributed by atoms with E-state index in [1.807, 2.05) is 20.8 Å². The van der Waals surface area contributed by atoms with E-state index in [0.29, 0.717) is 31.6 Å². The van der Waals surface area contributed by atoms with Gasteiger partial charge in [-0.3, -0.25) is 9.89 Å². The zero-order valence-electron chi connectivity index (χ0n) is 14.7. The zero-order valence-corrected chi connectivity index (χ0v) is 14.7. The fraction of sp³-hybridized carbons (Fsp3) is 0.882. The molecule has 1 heterocycles. The Balaban J connectivity index is 1.90. The lowest BCUT2D eigenvalue weighted by Crippen LogP contribution is -2.51. The van der Waals surface area contributed by atoms with Gasteiger partial charge in [0.2, 0.25) is 0 Å². The van der Waals surface area contributed by atoms with Crippen LogP contribution in [0.5, 0.6) is 0 Å². The second-order valence-corrected chi connectivity index (χ2v) is 7.75. The molecule has 0 aromatic carbocycles. The molecule has 2 aliphatic rings. The lowest BCUT2D eigenvalue weighted by molar-refractivity contribution is 0.0275. The van der Waals surface area contributed by atoms with Crippen LogP contribution in [-0.4, -0.2) is 48.1 Å². The summed E-state index contributed by atoms with van der Waals surface area (Å²) in [5.41, 5.74) is -0.452. The second kappa shape index (κ2) is 6.88. The molecular formula is C17H31N3O2. The quantitative estimate of drug-likeness (QED) is 0.810. The Kier molecular flexibility index (Phi) is 5.35. The molecule has 22 heavy (non-hydrogen) atoms. The van der Waals surface area contributed by atoms with Crippen LogP contribution in [0, 0.1) is 11.8 Å². The number of carbonyl (C=O) groups excluding carboxylic acids is 1. The summed E-state index contributed by atoms with van der Waals surface area (Å²) >= 11 is 0. The van der Waals surface area contributed by atoms with Gasteiger partial charge in [0, 0.05) is 12.6 Å². The number of hydrogen-bond acceptors (Lipinski definition) is 4. The molecule has 1 fully saturated rings. The van der Waals surface area contributed by atoms with E-state index in [1.165, 1.54) is 19.3 Å². The van der Waals surface area contributed by atoms with Crippen LogP contribution in [0.25, 0.3) is 0 Å². The predicted octanol–water partition coefficient (Wildman–Crippen LogP) is 3.05. The molecule has 2 rings (SSSR count). The van der Waals surface area contributed by atoms with Crippen molar-refractivity contribution in [2.45, 2.75) is 65.5 Å². The highest BCUT2D eigenvalue weighted by Gasteiger charge is 2.30. The number of aliphatic imine (C=N–C) groups is 1. The van der Waals surface area contributed by atoms with Crippen molar-refractivity contribution in [3.8, 4) is 0 Å². The molecule has 5 heteroatoms. The van der Waals surface area contributed by atoms with Crippen molar-refractivity contribution in [2.24, 2.45) is 16.8 Å². The third-order valence-electron chi connectivity index (χ3n) is 4.72. The van der Waals surface area contributed by atoms with Crippen LogP contribution in [-0.2, 0) is 4.74 Å². The van der Waals surface area contributed by atoms with Gasteiger partial charge < -0.3 is 10.1 Å². The van der Waals surface area contributed by atoms with Gasteiger partial charge in [-0.1, -0.05) is 26.7 Å². The lowest BCUT2D eigenvalue weighted by Gasteiger charge is -2.37. The molecular weight excluding hydrogens is 278 g/mol. The number of hydrogen-bond donors (Lipinski definition) is 1. The smallest absolute Gasteiger partial charge is 0.410 e. The molecule has 3 unspecified atom stereocenters. The average Bonchev–Trinajstić information content (AvgIpc) is 2.42. The second-order valence-electron chi connectivity index (χ2n) is 7.75. The molecule has 1 saturated carbocycles. The fourth-order valence-electron chi connectivity index (χ4n) is 3.19. The Hall–Kier alpha value is -1.26. The minimum Gasteiger partial charge on any atom is -0.444 e. The van der Waals surface area contributed by atoms with E-state index in [0.717, 1.165) is 11.8 Å². The van der Waals surface area contributed by atoms with Crippen LogP contribution < -0.4 is 5.32 Å². The van der Waals surface area contributed by atoms with Gasteiger partial charge in [-0.2, -0.15) is 0 Å². The van der Waals surface area contributed by atoms with E-state index >= 15 is 0 Å². The van der Waals surface area contributed by atoms with Crippen molar-refractivity contribution >= 4 is 11.9 Å². The zero-order chi connectivity index (χ0) is 16.3. The predicted molar refractivity (Wildman–Crippen MR) is 89.2 cm³/mol. The molecule has 0 bridgehead atoms. The number of amidine groups is 1. The first-order valence-corrected chi connectivity index (χ1v) is 8.54. The molecule has 0 saturated heterocycles. The Morgan fingerprint density at radius 3 is 2.73 bits per heavy atom. The fourth-order valence-corrected chi connectivity index (χ4v) is 3.19. The van der Waals surface area contributed by atoms with E-state index in [1.54, 1.807) is 4.90 Å². The molecule has 126 valence electrons. The third kappa shape index (κ3) is 4.62. The van der Waals surface area contributed by atoms with E-state index < -0.39 is 5.60 Å². The van der Waals surface area contributed by atoms with Gasteiger partial charge in [0.15, 0.2) is 0 Å². The van der Waals surface area contributed by atoms with Crippen LogP contribution in [0.1, 0.15) is 53.9 Å². The maximum Gasteiger partial charge on any atom is 0.410 e. The SMILES string of the molecule is CC1CCCC(NC2=NCCN(C(=O)OC(C)(C)C)C2)C1C. The van der Waals surface area contributed by atoms with Gasteiger partial charge in [-0.05, 0) is 39.0 Å².